The van der Waals surface area contributed by atoms with Gasteiger partial charge in [0.25, 0.3) is 0 Å². The molecule has 47 heavy (non-hydrogen) atoms. The van der Waals surface area contributed by atoms with E-state index in [1.807, 2.05) is 0 Å². The molecule has 0 amide bonds. The summed E-state index contributed by atoms with van der Waals surface area (Å²) in [6.45, 7) is 17.0. The summed E-state index contributed by atoms with van der Waals surface area (Å²) in [6, 6.07) is 0. The molecule has 276 valence electrons. The van der Waals surface area contributed by atoms with Crippen LogP contribution >= 0.6 is 0 Å². The fraction of sp³-hybridized carbons (Fsp3) is 0.953. The lowest BCUT2D eigenvalue weighted by molar-refractivity contribution is -0.0658. The van der Waals surface area contributed by atoms with Crippen LogP contribution in [0.25, 0.3) is 0 Å². The van der Waals surface area contributed by atoms with Gasteiger partial charge in [-0.1, -0.05) is 130 Å². The zero-order chi connectivity index (χ0) is 34.1. The molecule has 3 fully saturated rings. The predicted octanol–water partition coefficient (Wildman–Crippen LogP) is 11.3. The Kier molecular flexibility index (Phi) is 18.9. The van der Waals surface area contributed by atoms with Gasteiger partial charge in [-0.2, -0.15) is 0 Å². The van der Waals surface area contributed by atoms with E-state index in [4.69, 9.17) is 19.7 Å². The average Bonchev–Trinajstić information content (AvgIpc) is 3.41. The Balaban J connectivity index is 0.000000320. The Morgan fingerprint density at radius 2 is 1.43 bits per heavy atom. The third-order valence-corrected chi connectivity index (χ3v) is 13.6. The molecule has 0 aromatic heterocycles. The van der Waals surface area contributed by atoms with Crippen LogP contribution in [0.15, 0.2) is 11.6 Å². The Labute approximate surface area is 292 Å². The van der Waals surface area contributed by atoms with Crippen molar-refractivity contribution in [3.63, 3.8) is 0 Å². The first kappa shape index (κ1) is 41.0. The van der Waals surface area contributed by atoms with E-state index in [2.05, 4.69) is 47.6 Å². The molecule has 0 saturated heterocycles. The molecule has 4 nitrogen and oxygen atoms in total. The lowest BCUT2D eigenvalue weighted by Crippen LogP contribution is -2.51. The summed E-state index contributed by atoms with van der Waals surface area (Å²) in [6.07, 6.45) is 31.6. The number of fused-ring (bicyclic) bond motifs is 5. The standard InChI is InChI=1S/C29H50O2.C14H30O2/c1-20(2)7-6-8-21(3)25-11-12-26-24-10-9-22-19-23(31-18-17-30)13-15-28(22,4)27(24)14-16-29(25,26)5;1-2-3-4-5-6-7-8-9-10-11-13-16-14-12-15/h9,20-21,23-27,30H,6-8,10-19H2,1-5H3;15H,2-14H2,1H3/t21-,23?,24+,25-,26+,27+,28+,29-;/m1./s1. The molecule has 3 saturated carbocycles. The van der Waals surface area contributed by atoms with Gasteiger partial charge in [0.05, 0.1) is 32.5 Å². The normalized spacial score (nSPS) is 32.2. The van der Waals surface area contributed by atoms with Gasteiger partial charge in [-0.15, -0.1) is 0 Å². The highest BCUT2D eigenvalue weighted by Gasteiger charge is 2.59. The molecule has 2 N–H and O–H groups in total. The summed E-state index contributed by atoms with van der Waals surface area (Å²) in [7, 11) is 0. The fourth-order valence-corrected chi connectivity index (χ4v) is 10.9. The fourth-order valence-electron chi connectivity index (χ4n) is 10.9. The number of hydrogen-bond donors (Lipinski definition) is 2. The van der Waals surface area contributed by atoms with Crippen molar-refractivity contribution in [3.05, 3.63) is 11.6 Å². The molecule has 4 aliphatic rings. The SMILES string of the molecule is CC(C)CCC[C@@H](C)[C@H]1CC[C@H]2[C@@H]3CC=C4CC(OCCO)CC[C@]4(C)[C@H]3CC[C@]12C.CCCCCCCCCCCCOCCO. The van der Waals surface area contributed by atoms with Crippen molar-refractivity contribution in [2.45, 2.75) is 182 Å². The van der Waals surface area contributed by atoms with Gasteiger partial charge in [0.2, 0.25) is 0 Å². The van der Waals surface area contributed by atoms with Crippen LogP contribution in [0.1, 0.15) is 176 Å². The molecular formula is C43H80O4. The van der Waals surface area contributed by atoms with Gasteiger partial charge in [0.1, 0.15) is 0 Å². The molecule has 0 aromatic carbocycles. The van der Waals surface area contributed by atoms with Gasteiger partial charge < -0.3 is 19.7 Å². The van der Waals surface area contributed by atoms with Gasteiger partial charge in [-0.05, 0) is 104 Å². The van der Waals surface area contributed by atoms with E-state index in [1.165, 1.54) is 122 Å². The van der Waals surface area contributed by atoms with Crippen molar-refractivity contribution in [1.82, 2.24) is 0 Å². The van der Waals surface area contributed by atoms with Crippen LogP contribution in [-0.2, 0) is 9.47 Å². The molecule has 8 atom stereocenters. The van der Waals surface area contributed by atoms with E-state index < -0.39 is 0 Å². The zero-order valence-corrected chi connectivity index (χ0v) is 32.2. The van der Waals surface area contributed by atoms with Crippen molar-refractivity contribution in [1.29, 1.82) is 0 Å². The highest BCUT2D eigenvalue weighted by Crippen LogP contribution is 2.67. The summed E-state index contributed by atoms with van der Waals surface area (Å²) in [5, 5.41) is 17.6. The number of ether oxygens (including phenoxy) is 2. The summed E-state index contributed by atoms with van der Waals surface area (Å²) in [4.78, 5) is 0. The molecule has 0 bridgehead atoms. The van der Waals surface area contributed by atoms with Crippen LogP contribution in [-0.4, -0.2) is 49.4 Å². The Morgan fingerprint density at radius 1 is 0.745 bits per heavy atom. The highest BCUT2D eigenvalue weighted by molar-refractivity contribution is 5.25. The first-order valence-electron chi connectivity index (χ1n) is 20.8. The maximum absolute atomic E-state index is 9.14. The molecule has 4 heteroatoms. The largest absolute Gasteiger partial charge is 0.394 e. The summed E-state index contributed by atoms with van der Waals surface area (Å²) in [5.74, 6) is 5.44. The Morgan fingerprint density at radius 3 is 2.09 bits per heavy atom. The van der Waals surface area contributed by atoms with E-state index in [9.17, 15) is 0 Å². The molecule has 0 spiro atoms. The Bertz CT molecular complexity index is 841. The highest BCUT2D eigenvalue weighted by atomic mass is 16.5. The van der Waals surface area contributed by atoms with Crippen molar-refractivity contribution < 1.29 is 19.7 Å². The van der Waals surface area contributed by atoms with Crippen LogP contribution in [0.3, 0.4) is 0 Å². The minimum atomic E-state index is 0.148. The molecule has 1 unspecified atom stereocenters. The number of hydrogen-bond acceptors (Lipinski definition) is 4. The van der Waals surface area contributed by atoms with Gasteiger partial charge in [-0.3, -0.25) is 0 Å². The van der Waals surface area contributed by atoms with Crippen LogP contribution in [0.4, 0.5) is 0 Å². The number of aliphatic hydroxyl groups excluding tert-OH is 2. The number of aliphatic hydroxyl groups is 2. The first-order chi connectivity index (χ1) is 22.7. The van der Waals surface area contributed by atoms with Gasteiger partial charge in [0, 0.05) is 6.61 Å². The van der Waals surface area contributed by atoms with Crippen LogP contribution in [0.2, 0.25) is 0 Å². The third kappa shape index (κ3) is 12.1. The van der Waals surface area contributed by atoms with Crippen LogP contribution in [0, 0.1) is 46.3 Å². The predicted molar refractivity (Wildman–Crippen MR) is 200 cm³/mol. The van der Waals surface area contributed by atoms with E-state index in [0.29, 0.717) is 30.1 Å². The second-order valence-corrected chi connectivity index (χ2v) is 17.3. The zero-order valence-electron chi connectivity index (χ0n) is 32.2. The quantitative estimate of drug-likeness (QED) is 0.0950. The molecule has 0 aliphatic heterocycles. The maximum atomic E-state index is 9.14. The lowest BCUT2D eigenvalue weighted by Gasteiger charge is -2.58. The average molecular weight is 661 g/mol. The van der Waals surface area contributed by atoms with Crippen molar-refractivity contribution in [3.8, 4) is 0 Å². The number of allylic oxidation sites excluding steroid dienone is 1. The molecular weight excluding hydrogens is 580 g/mol. The van der Waals surface area contributed by atoms with E-state index in [0.717, 1.165) is 55.0 Å². The lowest BCUT2D eigenvalue weighted by atomic mass is 9.47. The van der Waals surface area contributed by atoms with Gasteiger partial charge in [0.15, 0.2) is 0 Å². The molecule has 0 aromatic rings. The van der Waals surface area contributed by atoms with Crippen LogP contribution in [0.5, 0.6) is 0 Å². The summed E-state index contributed by atoms with van der Waals surface area (Å²) in [5.41, 5.74) is 2.69. The number of unbranched alkanes of at least 4 members (excludes halogenated alkanes) is 9. The summed E-state index contributed by atoms with van der Waals surface area (Å²) < 4.78 is 11.1. The van der Waals surface area contributed by atoms with Crippen molar-refractivity contribution in [2.24, 2.45) is 46.3 Å². The van der Waals surface area contributed by atoms with Gasteiger partial charge >= 0.3 is 0 Å². The second-order valence-electron chi connectivity index (χ2n) is 17.3. The third-order valence-electron chi connectivity index (χ3n) is 13.6. The van der Waals surface area contributed by atoms with Crippen molar-refractivity contribution in [2.75, 3.05) is 33.0 Å². The Hall–Kier alpha value is -0.420. The van der Waals surface area contributed by atoms with E-state index in [-0.39, 0.29) is 13.2 Å². The maximum Gasteiger partial charge on any atom is 0.0701 e. The number of rotatable bonds is 21. The van der Waals surface area contributed by atoms with E-state index >= 15 is 0 Å². The minimum Gasteiger partial charge on any atom is -0.394 e. The second kappa shape index (κ2) is 21.7. The topological polar surface area (TPSA) is 58.9 Å². The molecule has 0 radical (unpaired) electrons. The van der Waals surface area contributed by atoms with Crippen molar-refractivity contribution >= 4 is 0 Å². The summed E-state index contributed by atoms with van der Waals surface area (Å²) >= 11 is 0. The van der Waals surface area contributed by atoms with Crippen LogP contribution < -0.4 is 0 Å². The molecule has 4 rings (SSSR count). The van der Waals surface area contributed by atoms with E-state index in [1.54, 1.807) is 5.57 Å². The molecule has 4 aliphatic carbocycles. The minimum absolute atomic E-state index is 0.148. The monoisotopic (exact) mass is 661 g/mol. The van der Waals surface area contributed by atoms with Gasteiger partial charge in [-0.25, -0.2) is 0 Å². The smallest absolute Gasteiger partial charge is 0.0701 e. The molecule has 0 heterocycles. The first-order valence-corrected chi connectivity index (χ1v) is 20.8.